The van der Waals surface area contributed by atoms with Gasteiger partial charge in [0.1, 0.15) is 17.7 Å². The van der Waals surface area contributed by atoms with Crippen LogP contribution in [0.5, 0.6) is 11.5 Å². The zero-order chi connectivity index (χ0) is 24.5. The fourth-order valence-electron chi connectivity index (χ4n) is 5.19. The molecule has 3 aliphatic rings. The Kier molecular flexibility index (Phi) is 6.64. The molecular formula is C26H31N3O6. The maximum atomic E-state index is 13.1. The summed E-state index contributed by atoms with van der Waals surface area (Å²) < 4.78 is 11.3. The molecule has 0 saturated carbocycles. The largest absolute Gasteiger partial charge is 0.508 e. The summed E-state index contributed by atoms with van der Waals surface area (Å²) in [6, 6.07) is 9.96. The number of fused-ring (bicyclic) bond motifs is 3. The Balaban J connectivity index is 1.23. The average molecular weight is 482 g/mol. The fraction of sp³-hybridized carbons (Fsp3) is 0.462. The highest BCUT2D eigenvalue weighted by atomic mass is 16.5. The smallest absolute Gasteiger partial charge is 0.256 e. The molecule has 2 aromatic carbocycles. The Morgan fingerprint density at radius 3 is 2.80 bits per heavy atom. The van der Waals surface area contributed by atoms with E-state index < -0.39 is 6.10 Å². The molecule has 2 amide bonds. The normalized spacial score (nSPS) is 23.6. The third-order valence-corrected chi connectivity index (χ3v) is 7.06. The molecule has 3 heterocycles. The number of benzene rings is 2. The summed E-state index contributed by atoms with van der Waals surface area (Å²) in [6.07, 6.45) is 1.42. The zero-order valence-electron chi connectivity index (χ0n) is 19.7. The van der Waals surface area contributed by atoms with E-state index in [1.807, 2.05) is 13.0 Å². The summed E-state index contributed by atoms with van der Waals surface area (Å²) in [7, 11) is 0. The number of amides is 2. The van der Waals surface area contributed by atoms with E-state index >= 15 is 0 Å². The number of phenols is 1. The van der Waals surface area contributed by atoms with E-state index in [0.29, 0.717) is 43.1 Å². The van der Waals surface area contributed by atoms with Gasteiger partial charge in [0, 0.05) is 24.7 Å². The second kappa shape index (κ2) is 9.85. The number of aliphatic hydroxyl groups is 1. The monoisotopic (exact) mass is 481 g/mol. The van der Waals surface area contributed by atoms with Crippen molar-refractivity contribution >= 4 is 11.8 Å². The topological polar surface area (TPSA) is 120 Å². The molecule has 3 aliphatic heterocycles. The van der Waals surface area contributed by atoms with Gasteiger partial charge in [-0.05, 0) is 67.6 Å². The predicted octanol–water partition coefficient (Wildman–Crippen LogP) is 1.56. The molecule has 2 unspecified atom stereocenters. The van der Waals surface area contributed by atoms with Crippen LogP contribution in [0.3, 0.4) is 0 Å². The van der Waals surface area contributed by atoms with Gasteiger partial charge in [0.05, 0.1) is 30.9 Å². The van der Waals surface area contributed by atoms with Crippen LogP contribution in [0.15, 0.2) is 36.4 Å². The number of aromatic hydroxyl groups is 1. The van der Waals surface area contributed by atoms with Crippen LogP contribution in [0.25, 0.3) is 0 Å². The minimum atomic E-state index is -0.803. The van der Waals surface area contributed by atoms with Crippen molar-refractivity contribution in [1.82, 2.24) is 15.5 Å². The first kappa shape index (κ1) is 23.6. The van der Waals surface area contributed by atoms with E-state index in [2.05, 4.69) is 10.6 Å². The van der Waals surface area contributed by atoms with Gasteiger partial charge >= 0.3 is 0 Å². The van der Waals surface area contributed by atoms with Crippen LogP contribution in [0, 0.1) is 0 Å². The molecule has 9 nitrogen and oxygen atoms in total. The minimum Gasteiger partial charge on any atom is -0.508 e. The molecule has 0 spiro atoms. The van der Waals surface area contributed by atoms with E-state index in [1.54, 1.807) is 35.2 Å². The van der Waals surface area contributed by atoms with Crippen molar-refractivity contribution in [3.8, 4) is 11.5 Å². The maximum absolute atomic E-state index is 13.1. The molecule has 4 atom stereocenters. The Bertz CT molecular complexity index is 1100. The lowest BCUT2D eigenvalue weighted by molar-refractivity contribution is 0.0317. The van der Waals surface area contributed by atoms with Crippen molar-refractivity contribution in [3.05, 3.63) is 58.7 Å². The number of nitrogens with zero attached hydrogens (tertiary/aromatic N) is 1. The van der Waals surface area contributed by atoms with Gasteiger partial charge in [0.15, 0.2) is 0 Å². The highest BCUT2D eigenvalue weighted by Gasteiger charge is 2.43. The minimum absolute atomic E-state index is 0.0602. The summed E-state index contributed by atoms with van der Waals surface area (Å²) in [4.78, 5) is 27.8. The highest BCUT2D eigenvalue weighted by molar-refractivity contribution is 6.00. The second-order valence-corrected chi connectivity index (χ2v) is 9.30. The standard InChI is InChI=1S/C26H31N3O6/c1-2-34-23-11-16(26(33)29-18-5-8-24(29)35-14-18)4-7-20(23)25(32)28-13-22(31)21-10-15-3-6-19(30)9-17(15)12-27-21/h3-4,6-7,9,11,18,21-22,24,27,30-31H,2,5,8,10,12-14H2,1H3,(H,28,32)/t18?,21-,22+,24?/m0/s1. The van der Waals surface area contributed by atoms with E-state index in [9.17, 15) is 19.8 Å². The molecule has 9 heteroatoms. The van der Waals surface area contributed by atoms with Crippen molar-refractivity contribution < 1.29 is 29.3 Å². The summed E-state index contributed by atoms with van der Waals surface area (Å²) in [5, 5.41) is 26.4. The molecule has 2 fully saturated rings. The molecule has 5 rings (SSSR count). The van der Waals surface area contributed by atoms with Gasteiger partial charge in [-0.15, -0.1) is 0 Å². The Morgan fingerprint density at radius 2 is 2.09 bits per heavy atom. The number of rotatable bonds is 7. The Morgan fingerprint density at radius 1 is 1.23 bits per heavy atom. The van der Waals surface area contributed by atoms with Crippen LogP contribution in [0.1, 0.15) is 51.6 Å². The number of hydrogen-bond donors (Lipinski definition) is 4. The summed E-state index contributed by atoms with van der Waals surface area (Å²) in [5.74, 6) is 0.0607. The SMILES string of the molecule is CCOc1cc(C(=O)N2C3CCC2OC3)ccc1C(=O)NC[C@@H](O)[C@@H]1Cc2ccc(O)cc2CN1. The third-order valence-electron chi connectivity index (χ3n) is 7.06. The van der Waals surface area contributed by atoms with Crippen LogP contribution in [0.4, 0.5) is 0 Å². The van der Waals surface area contributed by atoms with E-state index in [4.69, 9.17) is 9.47 Å². The molecule has 2 bridgehead atoms. The molecule has 186 valence electrons. The molecule has 2 aromatic rings. The number of carbonyl (C=O) groups is 2. The number of nitrogens with one attached hydrogen (secondary N) is 2. The van der Waals surface area contributed by atoms with Crippen LogP contribution in [-0.4, -0.2) is 71.1 Å². The number of aliphatic hydroxyl groups excluding tert-OH is 1. The van der Waals surface area contributed by atoms with Crippen LogP contribution < -0.4 is 15.4 Å². The van der Waals surface area contributed by atoms with Gasteiger partial charge in [-0.25, -0.2) is 0 Å². The first-order valence-electron chi connectivity index (χ1n) is 12.2. The molecular weight excluding hydrogens is 450 g/mol. The van der Waals surface area contributed by atoms with Crippen molar-refractivity contribution in [3.63, 3.8) is 0 Å². The number of carbonyl (C=O) groups excluding carboxylic acids is 2. The van der Waals surface area contributed by atoms with Gasteiger partial charge < -0.3 is 35.2 Å². The Hall–Kier alpha value is -3.14. The third kappa shape index (κ3) is 4.71. The van der Waals surface area contributed by atoms with Gasteiger partial charge in [-0.1, -0.05) is 6.07 Å². The average Bonchev–Trinajstić information content (AvgIpc) is 3.47. The summed E-state index contributed by atoms with van der Waals surface area (Å²) >= 11 is 0. The van der Waals surface area contributed by atoms with Gasteiger partial charge in [0.2, 0.25) is 0 Å². The molecule has 0 aromatic heterocycles. The second-order valence-electron chi connectivity index (χ2n) is 9.30. The highest BCUT2D eigenvalue weighted by Crippen LogP contribution is 2.34. The van der Waals surface area contributed by atoms with E-state index in [-0.39, 0.29) is 42.4 Å². The maximum Gasteiger partial charge on any atom is 0.256 e. The lowest BCUT2D eigenvalue weighted by Gasteiger charge is -2.30. The predicted molar refractivity (Wildman–Crippen MR) is 127 cm³/mol. The van der Waals surface area contributed by atoms with Gasteiger partial charge in [0.25, 0.3) is 11.8 Å². The molecule has 2 saturated heterocycles. The van der Waals surface area contributed by atoms with Crippen molar-refractivity contribution in [2.75, 3.05) is 19.8 Å². The van der Waals surface area contributed by atoms with Crippen LogP contribution >= 0.6 is 0 Å². The molecule has 0 radical (unpaired) electrons. The number of phenolic OH excluding ortho intramolecular Hbond substituents is 1. The molecule has 0 aliphatic carbocycles. The van der Waals surface area contributed by atoms with Crippen molar-refractivity contribution in [2.45, 2.75) is 57.1 Å². The molecule has 4 N–H and O–H groups in total. The number of ether oxygens (including phenoxy) is 2. The van der Waals surface area contributed by atoms with E-state index in [0.717, 1.165) is 24.0 Å². The summed E-state index contributed by atoms with van der Waals surface area (Å²) in [5.41, 5.74) is 2.84. The quantitative estimate of drug-likeness (QED) is 0.474. The zero-order valence-corrected chi connectivity index (χ0v) is 19.7. The summed E-state index contributed by atoms with van der Waals surface area (Å²) in [6.45, 7) is 3.33. The van der Waals surface area contributed by atoms with Gasteiger partial charge in [-0.3, -0.25) is 9.59 Å². The fourth-order valence-corrected chi connectivity index (χ4v) is 5.19. The van der Waals surface area contributed by atoms with E-state index in [1.165, 1.54) is 0 Å². The van der Waals surface area contributed by atoms with Crippen molar-refractivity contribution in [1.29, 1.82) is 0 Å². The van der Waals surface area contributed by atoms with Crippen LogP contribution in [-0.2, 0) is 17.7 Å². The first-order valence-corrected chi connectivity index (χ1v) is 12.2. The Labute approximate surface area is 204 Å². The molecule has 35 heavy (non-hydrogen) atoms. The lowest BCUT2D eigenvalue weighted by atomic mass is 9.92. The number of hydrogen-bond acceptors (Lipinski definition) is 7. The van der Waals surface area contributed by atoms with Crippen molar-refractivity contribution in [2.24, 2.45) is 0 Å². The lowest BCUT2D eigenvalue weighted by Crippen LogP contribution is -2.49. The first-order chi connectivity index (χ1) is 16.9. The van der Waals surface area contributed by atoms with Crippen LogP contribution in [0.2, 0.25) is 0 Å². The van der Waals surface area contributed by atoms with Gasteiger partial charge in [-0.2, -0.15) is 0 Å².